The first-order chi connectivity index (χ1) is 7.25. The summed E-state index contributed by atoms with van der Waals surface area (Å²) < 4.78 is 0.518. The van der Waals surface area contributed by atoms with Crippen LogP contribution in [0.3, 0.4) is 0 Å². The highest BCUT2D eigenvalue weighted by atomic mass is 32.1. The molecule has 4 unspecified atom stereocenters. The van der Waals surface area contributed by atoms with Crippen LogP contribution in [0.5, 0.6) is 0 Å². The summed E-state index contributed by atoms with van der Waals surface area (Å²) in [7, 11) is 0. The molecule has 0 aromatic heterocycles. The molecule has 4 atom stereocenters. The zero-order chi connectivity index (χ0) is 9.78. The molecule has 0 aromatic rings. The van der Waals surface area contributed by atoms with E-state index < -0.39 is 0 Å². The summed E-state index contributed by atoms with van der Waals surface area (Å²) in [4.78, 5) is 0. The molecule has 0 spiro atoms. The summed E-state index contributed by atoms with van der Waals surface area (Å²) in [6.07, 6.45) is 9.39. The summed E-state index contributed by atoms with van der Waals surface area (Å²) >= 11 is 5.23. The molecule has 0 radical (unpaired) electrons. The maximum Gasteiger partial charge on any atom is 0.0194 e. The van der Waals surface area contributed by atoms with Gasteiger partial charge in [-0.3, -0.25) is 0 Å². The van der Waals surface area contributed by atoms with E-state index in [0.717, 1.165) is 41.4 Å². The lowest BCUT2D eigenvalue weighted by molar-refractivity contribution is -0.186. The van der Waals surface area contributed by atoms with E-state index in [2.05, 4.69) is 0 Å². The van der Waals surface area contributed by atoms with Gasteiger partial charge in [-0.05, 0) is 80.0 Å². The Morgan fingerprint density at radius 2 is 1.33 bits per heavy atom. The SMILES string of the molecule is SC12CC3CC4C5CC(CC41)CC2C5C3. The van der Waals surface area contributed by atoms with E-state index in [4.69, 9.17) is 12.6 Å². The van der Waals surface area contributed by atoms with Crippen LogP contribution < -0.4 is 0 Å². The van der Waals surface area contributed by atoms with Crippen molar-refractivity contribution < 1.29 is 0 Å². The summed E-state index contributed by atoms with van der Waals surface area (Å²) in [6, 6.07) is 0. The lowest BCUT2D eigenvalue weighted by atomic mass is 9.35. The molecule has 8 bridgehead atoms. The van der Waals surface area contributed by atoms with Crippen molar-refractivity contribution in [3.8, 4) is 0 Å². The molecule has 0 amide bonds. The van der Waals surface area contributed by atoms with Gasteiger partial charge in [0.05, 0.1) is 0 Å². The molecule has 7 saturated carbocycles. The minimum absolute atomic E-state index is 0.518. The lowest BCUT2D eigenvalue weighted by Gasteiger charge is -2.73. The van der Waals surface area contributed by atoms with Gasteiger partial charge < -0.3 is 0 Å². The molecule has 0 N–H and O–H groups in total. The Bertz CT molecular complexity index is 312. The van der Waals surface area contributed by atoms with E-state index in [-0.39, 0.29) is 0 Å². The molecule has 82 valence electrons. The fourth-order valence-electron chi connectivity index (χ4n) is 6.91. The van der Waals surface area contributed by atoms with Gasteiger partial charge in [0.15, 0.2) is 0 Å². The summed E-state index contributed by atoms with van der Waals surface area (Å²) in [5.41, 5.74) is 0. The van der Waals surface area contributed by atoms with Crippen LogP contribution in [0, 0.1) is 41.4 Å². The quantitative estimate of drug-likeness (QED) is 0.595. The monoisotopic (exact) mass is 220 g/mol. The van der Waals surface area contributed by atoms with E-state index in [1.165, 1.54) is 6.42 Å². The smallest absolute Gasteiger partial charge is 0.0194 e. The number of thiol groups is 1. The molecule has 0 aliphatic heterocycles. The van der Waals surface area contributed by atoms with Crippen LogP contribution in [0.25, 0.3) is 0 Å². The van der Waals surface area contributed by atoms with Crippen LogP contribution in [-0.2, 0) is 0 Å². The Morgan fingerprint density at radius 3 is 2.00 bits per heavy atom. The molecule has 15 heavy (non-hydrogen) atoms. The van der Waals surface area contributed by atoms with Crippen molar-refractivity contribution in [1.29, 1.82) is 0 Å². The van der Waals surface area contributed by atoms with Gasteiger partial charge in [0, 0.05) is 4.75 Å². The number of hydrogen-bond donors (Lipinski definition) is 1. The summed E-state index contributed by atoms with van der Waals surface area (Å²) in [5.74, 6) is 7.67. The zero-order valence-electron chi connectivity index (χ0n) is 9.23. The van der Waals surface area contributed by atoms with Crippen molar-refractivity contribution in [1.82, 2.24) is 0 Å². The molecule has 0 saturated heterocycles. The fraction of sp³-hybridized carbons (Fsp3) is 1.00. The van der Waals surface area contributed by atoms with Crippen LogP contribution in [0.1, 0.15) is 38.5 Å². The predicted molar refractivity (Wildman–Crippen MR) is 63.8 cm³/mol. The van der Waals surface area contributed by atoms with E-state index in [1.54, 1.807) is 32.1 Å². The maximum atomic E-state index is 5.23. The molecule has 7 aliphatic rings. The minimum Gasteiger partial charge on any atom is -0.172 e. The summed E-state index contributed by atoms with van der Waals surface area (Å²) in [5, 5.41) is 0. The van der Waals surface area contributed by atoms with Crippen molar-refractivity contribution >= 4 is 12.6 Å². The van der Waals surface area contributed by atoms with Gasteiger partial charge in [-0.1, -0.05) is 0 Å². The number of rotatable bonds is 0. The first-order valence-electron chi connectivity index (χ1n) is 6.98. The molecule has 7 fully saturated rings. The van der Waals surface area contributed by atoms with Gasteiger partial charge >= 0.3 is 0 Å². The van der Waals surface area contributed by atoms with Crippen molar-refractivity contribution in [3.63, 3.8) is 0 Å². The zero-order valence-corrected chi connectivity index (χ0v) is 10.1. The van der Waals surface area contributed by atoms with Crippen LogP contribution >= 0.6 is 12.6 Å². The second-order valence-electron chi connectivity index (χ2n) is 7.31. The average molecular weight is 220 g/mol. The van der Waals surface area contributed by atoms with Gasteiger partial charge in [0.25, 0.3) is 0 Å². The van der Waals surface area contributed by atoms with E-state index in [1.807, 2.05) is 0 Å². The standard InChI is InChI=1S/C14H20S/c15-14-6-8-2-10-9-1-7(4-12(10)14)5-13(14)11(9)3-8/h7-13,15H,1-6H2. The van der Waals surface area contributed by atoms with Crippen LogP contribution in [-0.4, -0.2) is 4.75 Å². The highest BCUT2D eigenvalue weighted by Crippen LogP contribution is 2.74. The van der Waals surface area contributed by atoms with Gasteiger partial charge in [0.2, 0.25) is 0 Å². The maximum absolute atomic E-state index is 5.23. The van der Waals surface area contributed by atoms with E-state index >= 15 is 0 Å². The van der Waals surface area contributed by atoms with E-state index in [0.29, 0.717) is 4.75 Å². The largest absolute Gasteiger partial charge is 0.172 e. The minimum atomic E-state index is 0.518. The van der Waals surface area contributed by atoms with Crippen molar-refractivity contribution in [3.05, 3.63) is 0 Å². The molecular formula is C14H20S. The normalized spacial score (nSPS) is 73.0. The van der Waals surface area contributed by atoms with Gasteiger partial charge in [-0.2, -0.15) is 12.6 Å². The second kappa shape index (κ2) is 2.30. The first-order valence-corrected chi connectivity index (χ1v) is 7.43. The van der Waals surface area contributed by atoms with Gasteiger partial charge in [0.1, 0.15) is 0 Å². The van der Waals surface area contributed by atoms with Crippen molar-refractivity contribution in [2.24, 2.45) is 41.4 Å². The van der Waals surface area contributed by atoms with Crippen molar-refractivity contribution in [2.45, 2.75) is 43.3 Å². The van der Waals surface area contributed by atoms with Crippen molar-refractivity contribution in [2.75, 3.05) is 0 Å². The van der Waals surface area contributed by atoms with Crippen LogP contribution in [0.2, 0.25) is 0 Å². The second-order valence-corrected chi connectivity index (χ2v) is 8.14. The first kappa shape index (κ1) is 8.44. The summed E-state index contributed by atoms with van der Waals surface area (Å²) in [6.45, 7) is 0. The third-order valence-electron chi connectivity index (χ3n) is 7.02. The van der Waals surface area contributed by atoms with Crippen LogP contribution in [0.4, 0.5) is 0 Å². The molecule has 0 aromatic carbocycles. The average Bonchev–Trinajstić information content (AvgIpc) is 2.24. The molecule has 7 rings (SSSR count). The fourth-order valence-corrected chi connectivity index (χ4v) is 7.76. The predicted octanol–water partition coefficient (Wildman–Crippen LogP) is 3.38. The Balaban J connectivity index is 1.73. The Kier molecular flexibility index (Phi) is 1.29. The van der Waals surface area contributed by atoms with Crippen LogP contribution in [0.15, 0.2) is 0 Å². The molecule has 7 aliphatic carbocycles. The molecule has 0 heterocycles. The third kappa shape index (κ3) is 0.769. The number of hydrogen-bond acceptors (Lipinski definition) is 1. The lowest BCUT2D eigenvalue weighted by Crippen LogP contribution is -2.69. The topological polar surface area (TPSA) is 0 Å². The molecule has 0 nitrogen and oxygen atoms in total. The van der Waals surface area contributed by atoms with E-state index in [9.17, 15) is 0 Å². The Labute approximate surface area is 97.6 Å². The van der Waals surface area contributed by atoms with Gasteiger partial charge in [-0.15, -0.1) is 0 Å². The highest BCUT2D eigenvalue weighted by Gasteiger charge is 2.68. The Hall–Kier alpha value is 0.350. The third-order valence-corrected chi connectivity index (χ3v) is 7.87. The highest BCUT2D eigenvalue weighted by molar-refractivity contribution is 7.81. The molecular weight excluding hydrogens is 200 g/mol. The molecule has 1 heteroatoms. The van der Waals surface area contributed by atoms with Gasteiger partial charge in [-0.25, -0.2) is 0 Å². The Morgan fingerprint density at radius 1 is 0.733 bits per heavy atom.